The topological polar surface area (TPSA) is 47.6 Å². The molecule has 0 heterocycles. The number of nitrogens with one attached hydrogen (secondary N) is 1. The molecule has 2 aromatic rings. The van der Waals surface area contributed by atoms with Gasteiger partial charge in [-0.15, -0.1) is 18.3 Å². The summed E-state index contributed by atoms with van der Waals surface area (Å²) in [6.07, 6.45) is 1.83. The van der Waals surface area contributed by atoms with Crippen LogP contribution in [0.25, 0.3) is 0 Å². The van der Waals surface area contributed by atoms with Crippen molar-refractivity contribution in [3.63, 3.8) is 0 Å². The van der Waals surface area contributed by atoms with Gasteiger partial charge < -0.3 is 14.8 Å². The molecule has 0 aliphatic carbocycles. The number of carbonyl (C=O) groups excluding carboxylic acids is 1. The van der Waals surface area contributed by atoms with E-state index in [1.54, 1.807) is 44.2 Å². The summed E-state index contributed by atoms with van der Waals surface area (Å²) in [4.78, 5) is 13.5. The van der Waals surface area contributed by atoms with Gasteiger partial charge in [0.25, 0.3) is 5.91 Å². The standard InChI is InChI=1S/C18H19NO3S/c1-4-9-23-17-8-6-5-7-16(17)19-18(20)13-10-14(21-2)12-15(11-13)22-3/h4-8,10-12H,1,9H2,2-3H3,(H,19,20). The summed E-state index contributed by atoms with van der Waals surface area (Å²) in [6, 6.07) is 12.8. The number of methoxy groups -OCH3 is 2. The van der Waals surface area contributed by atoms with Crippen molar-refractivity contribution >= 4 is 23.4 Å². The molecule has 4 nitrogen and oxygen atoms in total. The van der Waals surface area contributed by atoms with Crippen LogP contribution in [0, 0.1) is 0 Å². The lowest BCUT2D eigenvalue weighted by molar-refractivity contribution is 0.102. The Morgan fingerprint density at radius 1 is 1.17 bits per heavy atom. The van der Waals surface area contributed by atoms with Crippen LogP contribution in [0.5, 0.6) is 11.5 Å². The number of carbonyl (C=O) groups is 1. The minimum Gasteiger partial charge on any atom is -0.497 e. The van der Waals surface area contributed by atoms with Gasteiger partial charge in [-0.25, -0.2) is 0 Å². The van der Waals surface area contributed by atoms with Crippen molar-refractivity contribution in [2.24, 2.45) is 0 Å². The van der Waals surface area contributed by atoms with E-state index in [0.29, 0.717) is 17.1 Å². The predicted molar refractivity (Wildman–Crippen MR) is 94.9 cm³/mol. The number of ether oxygens (including phenoxy) is 2. The molecule has 0 bridgehead atoms. The Hall–Kier alpha value is -2.40. The monoisotopic (exact) mass is 329 g/mol. The number of hydrogen-bond acceptors (Lipinski definition) is 4. The quantitative estimate of drug-likeness (QED) is 0.610. The maximum absolute atomic E-state index is 12.5. The number of hydrogen-bond donors (Lipinski definition) is 1. The smallest absolute Gasteiger partial charge is 0.255 e. The zero-order valence-electron chi connectivity index (χ0n) is 13.2. The van der Waals surface area contributed by atoms with Crippen LogP contribution in [0.15, 0.2) is 60.0 Å². The number of thioether (sulfide) groups is 1. The molecule has 120 valence electrons. The fourth-order valence-corrected chi connectivity index (χ4v) is 2.72. The number of amides is 1. The Bertz CT molecular complexity index is 678. The second-order valence-corrected chi connectivity index (χ2v) is 5.71. The van der Waals surface area contributed by atoms with Crippen LogP contribution in [0.1, 0.15) is 10.4 Å². The van der Waals surface area contributed by atoms with Gasteiger partial charge >= 0.3 is 0 Å². The lowest BCUT2D eigenvalue weighted by Gasteiger charge is -2.12. The summed E-state index contributed by atoms with van der Waals surface area (Å²) in [6.45, 7) is 3.72. The van der Waals surface area contributed by atoms with E-state index >= 15 is 0 Å². The van der Waals surface area contributed by atoms with Crippen LogP contribution >= 0.6 is 11.8 Å². The fourth-order valence-electron chi connectivity index (χ4n) is 1.98. The molecule has 2 rings (SSSR count). The maximum Gasteiger partial charge on any atom is 0.255 e. The van der Waals surface area contributed by atoms with E-state index < -0.39 is 0 Å². The molecule has 0 atom stereocenters. The van der Waals surface area contributed by atoms with Gasteiger partial charge in [0.15, 0.2) is 0 Å². The van der Waals surface area contributed by atoms with Crippen LogP contribution in [0.3, 0.4) is 0 Å². The number of anilines is 1. The molecule has 0 unspecified atom stereocenters. The van der Waals surface area contributed by atoms with Crippen molar-refractivity contribution < 1.29 is 14.3 Å². The molecule has 0 aliphatic heterocycles. The zero-order valence-corrected chi connectivity index (χ0v) is 14.0. The first-order valence-corrected chi connectivity index (χ1v) is 8.03. The van der Waals surface area contributed by atoms with E-state index in [4.69, 9.17) is 9.47 Å². The summed E-state index contributed by atoms with van der Waals surface area (Å²) in [7, 11) is 3.11. The Morgan fingerprint density at radius 2 is 1.83 bits per heavy atom. The Morgan fingerprint density at radius 3 is 2.43 bits per heavy atom. The normalized spacial score (nSPS) is 10.0. The van der Waals surface area contributed by atoms with Gasteiger partial charge in [0.05, 0.1) is 19.9 Å². The first kappa shape index (κ1) is 17.0. The highest BCUT2D eigenvalue weighted by Crippen LogP contribution is 2.28. The Labute approximate surface area is 140 Å². The van der Waals surface area contributed by atoms with Gasteiger partial charge in [-0.1, -0.05) is 18.2 Å². The van der Waals surface area contributed by atoms with E-state index in [9.17, 15) is 4.79 Å². The highest BCUT2D eigenvalue weighted by atomic mass is 32.2. The van der Waals surface area contributed by atoms with E-state index in [0.717, 1.165) is 16.3 Å². The van der Waals surface area contributed by atoms with Gasteiger partial charge in [-0.3, -0.25) is 4.79 Å². The molecule has 0 fully saturated rings. The molecule has 2 aromatic carbocycles. The van der Waals surface area contributed by atoms with Crippen molar-refractivity contribution in [3.8, 4) is 11.5 Å². The van der Waals surface area contributed by atoms with Crippen LogP contribution in [-0.4, -0.2) is 25.9 Å². The molecule has 0 saturated carbocycles. The van der Waals surface area contributed by atoms with Crippen LogP contribution < -0.4 is 14.8 Å². The first-order chi connectivity index (χ1) is 11.2. The highest BCUT2D eigenvalue weighted by Gasteiger charge is 2.12. The van der Waals surface area contributed by atoms with E-state index in [1.165, 1.54) is 0 Å². The van der Waals surface area contributed by atoms with Crippen molar-refractivity contribution in [2.45, 2.75) is 4.90 Å². The van der Waals surface area contributed by atoms with Crippen molar-refractivity contribution in [2.75, 3.05) is 25.3 Å². The maximum atomic E-state index is 12.5. The Kier molecular flexibility index (Phi) is 6.11. The summed E-state index contributed by atoms with van der Waals surface area (Å²) in [5.41, 5.74) is 1.25. The van der Waals surface area contributed by atoms with Crippen LogP contribution in [0.4, 0.5) is 5.69 Å². The predicted octanol–water partition coefficient (Wildman–Crippen LogP) is 4.23. The fraction of sp³-hybridized carbons (Fsp3) is 0.167. The average molecular weight is 329 g/mol. The molecule has 0 radical (unpaired) electrons. The van der Waals surface area contributed by atoms with Gasteiger partial charge in [0.2, 0.25) is 0 Å². The largest absolute Gasteiger partial charge is 0.497 e. The van der Waals surface area contributed by atoms with Crippen LogP contribution in [0.2, 0.25) is 0 Å². The molecular formula is C18H19NO3S. The third-order valence-electron chi connectivity index (χ3n) is 3.11. The van der Waals surface area contributed by atoms with E-state index in [2.05, 4.69) is 11.9 Å². The summed E-state index contributed by atoms with van der Waals surface area (Å²) in [5, 5.41) is 2.93. The van der Waals surface area contributed by atoms with Gasteiger partial charge in [0, 0.05) is 22.3 Å². The molecule has 1 N–H and O–H groups in total. The summed E-state index contributed by atoms with van der Waals surface area (Å²) in [5.74, 6) is 1.71. The molecular weight excluding hydrogens is 310 g/mol. The molecule has 0 aliphatic rings. The SMILES string of the molecule is C=CCSc1ccccc1NC(=O)c1cc(OC)cc(OC)c1. The third-order valence-corrected chi connectivity index (χ3v) is 4.17. The molecule has 1 amide bonds. The second kappa shape index (κ2) is 8.29. The Balaban J connectivity index is 2.24. The minimum absolute atomic E-state index is 0.214. The number of rotatable bonds is 7. The molecule has 0 saturated heterocycles. The van der Waals surface area contributed by atoms with E-state index in [1.807, 2.05) is 30.3 Å². The zero-order chi connectivity index (χ0) is 16.7. The average Bonchev–Trinajstić information content (AvgIpc) is 2.60. The number of benzene rings is 2. The van der Waals surface area contributed by atoms with Crippen molar-refractivity contribution in [1.29, 1.82) is 0 Å². The van der Waals surface area contributed by atoms with Crippen molar-refractivity contribution in [3.05, 3.63) is 60.7 Å². The van der Waals surface area contributed by atoms with Crippen molar-refractivity contribution in [1.82, 2.24) is 0 Å². The highest BCUT2D eigenvalue weighted by molar-refractivity contribution is 7.99. The minimum atomic E-state index is -0.214. The summed E-state index contributed by atoms with van der Waals surface area (Å²) >= 11 is 1.62. The van der Waals surface area contributed by atoms with E-state index in [-0.39, 0.29) is 5.91 Å². The van der Waals surface area contributed by atoms with Crippen LogP contribution in [-0.2, 0) is 0 Å². The molecule has 0 spiro atoms. The molecule has 5 heteroatoms. The second-order valence-electron chi connectivity index (χ2n) is 4.65. The van der Waals surface area contributed by atoms with Gasteiger partial charge in [0.1, 0.15) is 11.5 Å². The number of para-hydroxylation sites is 1. The first-order valence-electron chi connectivity index (χ1n) is 7.05. The van der Waals surface area contributed by atoms with Gasteiger partial charge in [-0.05, 0) is 24.3 Å². The molecule has 23 heavy (non-hydrogen) atoms. The lowest BCUT2D eigenvalue weighted by Crippen LogP contribution is -2.13. The summed E-state index contributed by atoms with van der Waals surface area (Å²) < 4.78 is 10.4. The molecule has 0 aromatic heterocycles. The third kappa shape index (κ3) is 4.53. The lowest BCUT2D eigenvalue weighted by atomic mass is 10.2. The van der Waals surface area contributed by atoms with Gasteiger partial charge in [-0.2, -0.15) is 0 Å².